The predicted octanol–water partition coefficient (Wildman–Crippen LogP) is 1.22. The molecule has 1 aromatic carbocycles. The largest absolute Gasteiger partial charge is 0.394 e. The normalized spacial score (nSPS) is 13.2. The van der Waals surface area contributed by atoms with E-state index in [1.165, 1.54) is 0 Å². The molecule has 94 valence electrons. The Morgan fingerprint density at radius 2 is 2.00 bits per heavy atom. The molecule has 0 spiro atoms. The lowest BCUT2D eigenvalue weighted by molar-refractivity contribution is 0.259. The topological polar surface area (TPSA) is 66.4 Å². The van der Waals surface area contributed by atoms with Crippen LogP contribution in [0.2, 0.25) is 0 Å². The maximum Gasteiger partial charge on any atom is 0.212 e. The lowest BCUT2D eigenvalue weighted by atomic mass is 10.1. The summed E-state index contributed by atoms with van der Waals surface area (Å²) in [6, 6.07) is 8.40. The summed E-state index contributed by atoms with van der Waals surface area (Å²) in [5.41, 5.74) is 0.747. The molecule has 0 bridgehead atoms. The number of aliphatic hydroxyl groups excluding tert-OH is 1. The fourth-order valence-electron chi connectivity index (χ4n) is 1.41. The molecule has 0 amide bonds. The number of sulfonamides is 1. The van der Waals surface area contributed by atoms with Gasteiger partial charge in [0.25, 0.3) is 0 Å². The maximum absolute atomic E-state index is 11.7. The van der Waals surface area contributed by atoms with Gasteiger partial charge in [-0.3, -0.25) is 0 Å². The van der Waals surface area contributed by atoms with E-state index in [-0.39, 0.29) is 12.4 Å². The fraction of sp³-hybridized carbons (Fsp3) is 0.333. The molecule has 0 aliphatic rings. The molecule has 0 heterocycles. The number of aliphatic hydroxyl groups is 1. The molecule has 0 saturated carbocycles. The third kappa shape index (κ3) is 4.68. The van der Waals surface area contributed by atoms with E-state index in [4.69, 9.17) is 0 Å². The van der Waals surface area contributed by atoms with Crippen molar-refractivity contribution in [2.75, 3.05) is 12.4 Å². The van der Waals surface area contributed by atoms with Crippen molar-refractivity contribution in [2.45, 2.75) is 12.5 Å². The molecule has 4 nitrogen and oxygen atoms in total. The first-order valence-electron chi connectivity index (χ1n) is 5.36. The molecule has 5 heteroatoms. The Balaban J connectivity index is 2.74. The molecule has 0 aliphatic carbocycles. The lowest BCUT2D eigenvalue weighted by Gasteiger charge is -2.16. The van der Waals surface area contributed by atoms with Crippen LogP contribution in [0, 0.1) is 0 Å². The van der Waals surface area contributed by atoms with Crippen LogP contribution >= 0.6 is 0 Å². The molecular weight excluding hydrogens is 238 g/mol. The Bertz CT molecular complexity index is 442. The summed E-state index contributed by atoms with van der Waals surface area (Å²) in [4.78, 5) is 0. The Morgan fingerprint density at radius 3 is 2.53 bits per heavy atom. The second-order valence-electron chi connectivity index (χ2n) is 3.66. The summed E-state index contributed by atoms with van der Waals surface area (Å²) in [7, 11) is -3.38. The fourth-order valence-corrected chi connectivity index (χ4v) is 2.65. The Hall–Kier alpha value is -1.17. The standard InChI is InChI=1S/C12H17NO3S/c1-2-3-9-17(15,16)13-12(10-14)11-7-5-4-6-8-11/h2,4-8,12-14H,1,3,9-10H2. The average molecular weight is 255 g/mol. The SMILES string of the molecule is C=CCCS(=O)(=O)NC(CO)c1ccccc1. The highest BCUT2D eigenvalue weighted by Gasteiger charge is 2.17. The Labute approximate surface area is 102 Å². The number of hydrogen-bond acceptors (Lipinski definition) is 3. The molecule has 0 fully saturated rings. The Morgan fingerprint density at radius 1 is 1.35 bits per heavy atom. The summed E-state index contributed by atoms with van der Waals surface area (Å²) in [6.45, 7) is 3.21. The first-order chi connectivity index (χ1) is 8.09. The average Bonchev–Trinajstić information content (AvgIpc) is 2.35. The van der Waals surface area contributed by atoms with Crippen molar-refractivity contribution in [3.8, 4) is 0 Å². The van der Waals surface area contributed by atoms with E-state index in [9.17, 15) is 13.5 Å². The van der Waals surface area contributed by atoms with Crippen LogP contribution < -0.4 is 4.72 Å². The van der Waals surface area contributed by atoms with Gasteiger partial charge >= 0.3 is 0 Å². The smallest absolute Gasteiger partial charge is 0.212 e. The number of allylic oxidation sites excluding steroid dienone is 1. The Kier molecular flexibility index (Phi) is 5.34. The minimum Gasteiger partial charge on any atom is -0.394 e. The van der Waals surface area contributed by atoms with E-state index in [0.29, 0.717) is 6.42 Å². The first kappa shape index (κ1) is 13.9. The highest BCUT2D eigenvalue weighted by atomic mass is 32.2. The van der Waals surface area contributed by atoms with Gasteiger partial charge in [0, 0.05) is 0 Å². The number of nitrogens with one attached hydrogen (secondary N) is 1. The molecule has 17 heavy (non-hydrogen) atoms. The van der Waals surface area contributed by atoms with Crippen molar-refractivity contribution in [2.24, 2.45) is 0 Å². The molecule has 1 aromatic rings. The number of rotatable bonds is 7. The van der Waals surface area contributed by atoms with Crippen LogP contribution in [0.25, 0.3) is 0 Å². The van der Waals surface area contributed by atoms with E-state index in [2.05, 4.69) is 11.3 Å². The summed E-state index contributed by atoms with van der Waals surface area (Å²) in [5, 5.41) is 9.22. The second-order valence-corrected chi connectivity index (χ2v) is 5.53. The summed E-state index contributed by atoms with van der Waals surface area (Å²) < 4.78 is 25.8. The third-order valence-electron chi connectivity index (χ3n) is 2.30. The zero-order valence-corrected chi connectivity index (χ0v) is 10.4. The molecule has 0 saturated heterocycles. The van der Waals surface area contributed by atoms with Gasteiger partial charge in [0.05, 0.1) is 18.4 Å². The summed E-state index contributed by atoms with van der Waals surface area (Å²) in [5.74, 6) is -0.0141. The third-order valence-corrected chi connectivity index (χ3v) is 3.71. The van der Waals surface area contributed by atoms with Crippen molar-refractivity contribution in [3.05, 3.63) is 48.6 Å². The van der Waals surface area contributed by atoms with Crippen molar-refractivity contribution in [1.29, 1.82) is 0 Å². The van der Waals surface area contributed by atoms with Crippen LogP contribution in [0.15, 0.2) is 43.0 Å². The first-order valence-corrected chi connectivity index (χ1v) is 7.01. The van der Waals surface area contributed by atoms with Gasteiger partial charge in [-0.25, -0.2) is 13.1 Å². The maximum atomic E-state index is 11.7. The van der Waals surface area contributed by atoms with Gasteiger partial charge in [0.1, 0.15) is 0 Å². The van der Waals surface area contributed by atoms with Crippen LogP contribution in [0.1, 0.15) is 18.0 Å². The molecule has 1 unspecified atom stereocenters. The summed E-state index contributed by atoms with van der Waals surface area (Å²) >= 11 is 0. The van der Waals surface area contributed by atoms with Crippen molar-refractivity contribution in [3.63, 3.8) is 0 Å². The molecule has 1 rings (SSSR count). The molecule has 2 N–H and O–H groups in total. The predicted molar refractivity (Wildman–Crippen MR) is 68.0 cm³/mol. The van der Waals surface area contributed by atoms with Gasteiger partial charge in [-0.15, -0.1) is 6.58 Å². The van der Waals surface area contributed by atoms with Crippen LogP contribution in [0.4, 0.5) is 0 Å². The molecule has 0 radical (unpaired) electrons. The van der Waals surface area contributed by atoms with E-state index >= 15 is 0 Å². The summed E-state index contributed by atoms with van der Waals surface area (Å²) in [6.07, 6.45) is 1.94. The lowest BCUT2D eigenvalue weighted by Crippen LogP contribution is -2.32. The van der Waals surface area contributed by atoms with Crippen LogP contribution in [0.3, 0.4) is 0 Å². The zero-order chi connectivity index (χ0) is 12.7. The van der Waals surface area contributed by atoms with Gasteiger partial charge < -0.3 is 5.11 Å². The van der Waals surface area contributed by atoms with Gasteiger partial charge in [-0.1, -0.05) is 36.4 Å². The molecule has 0 aliphatic heterocycles. The monoisotopic (exact) mass is 255 g/mol. The minimum atomic E-state index is -3.38. The van der Waals surface area contributed by atoms with Gasteiger partial charge in [0.2, 0.25) is 10.0 Å². The van der Waals surface area contributed by atoms with Crippen molar-refractivity contribution >= 4 is 10.0 Å². The van der Waals surface area contributed by atoms with Crippen LogP contribution in [-0.2, 0) is 10.0 Å². The van der Waals surface area contributed by atoms with E-state index in [0.717, 1.165) is 5.56 Å². The minimum absolute atomic E-state index is 0.0141. The van der Waals surface area contributed by atoms with E-state index < -0.39 is 16.1 Å². The zero-order valence-electron chi connectivity index (χ0n) is 9.54. The van der Waals surface area contributed by atoms with Gasteiger partial charge in [0.15, 0.2) is 0 Å². The van der Waals surface area contributed by atoms with Gasteiger partial charge in [-0.05, 0) is 12.0 Å². The van der Waals surface area contributed by atoms with Crippen LogP contribution in [0.5, 0.6) is 0 Å². The highest BCUT2D eigenvalue weighted by Crippen LogP contribution is 2.13. The van der Waals surface area contributed by atoms with E-state index in [1.54, 1.807) is 30.3 Å². The van der Waals surface area contributed by atoms with Crippen molar-refractivity contribution < 1.29 is 13.5 Å². The molecular formula is C12H17NO3S. The molecule has 0 aromatic heterocycles. The number of benzene rings is 1. The van der Waals surface area contributed by atoms with Gasteiger partial charge in [-0.2, -0.15) is 0 Å². The quantitative estimate of drug-likeness (QED) is 0.720. The van der Waals surface area contributed by atoms with Crippen LogP contribution in [-0.4, -0.2) is 25.9 Å². The second kappa shape index (κ2) is 6.54. The van der Waals surface area contributed by atoms with Crippen molar-refractivity contribution in [1.82, 2.24) is 4.72 Å². The number of hydrogen-bond donors (Lipinski definition) is 2. The highest BCUT2D eigenvalue weighted by molar-refractivity contribution is 7.89. The van der Waals surface area contributed by atoms with E-state index in [1.807, 2.05) is 6.07 Å². The molecule has 1 atom stereocenters.